The molecule has 1 aromatic heterocycles. The van der Waals surface area contributed by atoms with Gasteiger partial charge >= 0.3 is 0 Å². The van der Waals surface area contributed by atoms with Gasteiger partial charge in [0.1, 0.15) is 0 Å². The number of carbonyl (C=O) groups is 1. The number of hydrogen-bond acceptors (Lipinski definition) is 4. The molecule has 0 saturated heterocycles. The van der Waals surface area contributed by atoms with E-state index in [0.717, 1.165) is 5.69 Å². The summed E-state index contributed by atoms with van der Waals surface area (Å²) in [6, 6.07) is 9.61. The van der Waals surface area contributed by atoms with Crippen molar-refractivity contribution in [2.24, 2.45) is 0 Å². The second kappa shape index (κ2) is 6.83. The lowest BCUT2D eigenvalue weighted by atomic mass is 10.0. The summed E-state index contributed by atoms with van der Waals surface area (Å²) in [6.45, 7) is 4.64. The van der Waals surface area contributed by atoms with Gasteiger partial charge in [-0.2, -0.15) is 5.10 Å². The average molecular weight is 316 g/mol. The number of aromatic nitrogens is 2. The number of methoxy groups -OCH3 is 1. The highest BCUT2D eigenvalue weighted by molar-refractivity contribution is 5.95. The molecule has 2 aromatic rings. The second-order valence-electron chi connectivity index (χ2n) is 6.22. The first kappa shape index (κ1) is 17.0. The molecule has 1 heterocycles. The Morgan fingerprint density at radius 3 is 2.52 bits per heavy atom. The standard InChI is InChI=1S/C17H24N4O2/c1-17(2,20(3)4)12-18-16(22)15-14(23-5)11-21(19-15)13-9-7-6-8-10-13/h6-11H,12H2,1-5H3,(H,18,22). The Balaban J connectivity index is 2.19. The van der Waals surface area contributed by atoms with E-state index >= 15 is 0 Å². The summed E-state index contributed by atoms with van der Waals surface area (Å²) in [5.41, 5.74) is 1.01. The Hall–Kier alpha value is -2.34. The lowest BCUT2D eigenvalue weighted by Crippen LogP contribution is -2.48. The van der Waals surface area contributed by atoms with Crippen molar-refractivity contribution in [1.82, 2.24) is 20.0 Å². The molecule has 23 heavy (non-hydrogen) atoms. The van der Waals surface area contributed by atoms with Crippen molar-refractivity contribution in [2.75, 3.05) is 27.7 Å². The maximum atomic E-state index is 12.5. The molecule has 6 heteroatoms. The van der Waals surface area contributed by atoms with E-state index in [9.17, 15) is 4.79 Å². The fourth-order valence-corrected chi connectivity index (χ4v) is 1.92. The monoisotopic (exact) mass is 316 g/mol. The number of benzene rings is 1. The zero-order chi connectivity index (χ0) is 17.0. The molecule has 1 aromatic carbocycles. The highest BCUT2D eigenvalue weighted by Gasteiger charge is 2.24. The number of rotatable bonds is 6. The normalized spacial score (nSPS) is 11.6. The molecule has 0 aliphatic rings. The van der Waals surface area contributed by atoms with Gasteiger partial charge in [-0.25, -0.2) is 4.68 Å². The maximum absolute atomic E-state index is 12.5. The topological polar surface area (TPSA) is 59.4 Å². The Morgan fingerprint density at radius 2 is 1.96 bits per heavy atom. The highest BCUT2D eigenvalue weighted by atomic mass is 16.5. The maximum Gasteiger partial charge on any atom is 0.275 e. The number of nitrogens with one attached hydrogen (secondary N) is 1. The smallest absolute Gasteiger partial charge is 0.275 e. The van der Waals surface area contributed by atoms with Crippen LogP contribution in [0.15, 0.2) is 36.5 Å². The SMILES string of the molecule is COc1cn(-c2ccccc2)nc1C(=O)NCC(C)(C)N(C)C. The molecule has 0 radical (unpaired) electrons. The highest BCUT2D eigenvalue weighted by Crippen LogP contribution is 2.19. The first-order valence-corrected chi connectivity index (χ1v) is 7.50. The molecular weight excluding hydrogens is 292 g/mol. The Kier molecular flexibility index (Phi) is 5.05. The summed E-state index contributed by atoms with van der Waals surface area (Å²) in [7, 11) is 5.50. The van der Waals surface area contributed by atoms with E-state index in [1.807, 2.05) is 44.4 Å². The quantitative estimate of drug-likeness (QED) is 0.885. The number of hydrogen-bond donors (Lipinski definition) is 1. The van der Waals surface area contributed by atoms with Crippen LogP contribution in [0.5, 0.6) is 5.75 Å². The third-order valence-electron chi connectivity index (χ3n) is 4.03. The van der Waals surface area contributed by atoms with Crippen LogP contribution in [0, 0.1) is 0 Å². The van der Waals surface area contributed by atoms with Gasteiger partial charge in [0.25, 0.3) is 5.91 Å². The molecule has 1 amide bonds. The number of carbonyl (C=O) groups excluding carboxylic acids is 1. The summed E-state index contributed by atoms with van der Waals surface area (Å²) >= 11 is 0. The zero-order valence-corrected chi connectivity index (χ0v) is 14.3. The molecular formula is C17H24N4O2. The van der Waals surface area contributed by atoms with Crippen LogP contribution in [0.2, 0.25) is 0 Å². The van der Waals surface area contributed by atoms with E-state index < -0.39 is 0 Å². The number of para-hydroxylation sites is 1. The van der Waals surface area contributed by atoms with Crippen LogP contribution in [-0.2, 0) is 0 Å². The number of ether oxygens (including phenoxy) is 1. The number of likely N-dealkylation sites (N-methyl/N-ethyl adjacent to an activating group) is 1. The molecule has 0 aliphatic heterocycles. The van der Waals surface area contributed by atoms with Crippen molar-refractivity contribution in [2.45, 2.75) is 19.4 Å². The van der Waals surface area contributed by atoms with Crippen molar-refractivity contribution >= 4 is 5.91 Å². The van der Waals surface area contributed by atoms with Crippen molar-refractivity contribution in [1.29, 1.82) is 0 Å². The molecule has 0 saturated carbocycles. The summed E-state index contributed by atoms with van der Waals surface area (Å²) in [5, 5.41) is 7.29. The average Bonchev–Trinajstić information content (AvgIpc) is 2.98. The third kappa shape index (κ3) is 3.90. The Labute approximate surface area is 137 Å². The largest absolute Gasteiger partial charge is 0.493 e. The fourth-order valence-electron chi connectivity index (χ4n) is 1.92. The van der Waals surface area contributed by atoms with Crippen LogP contribution >= 0.6 is 0 Å². The number of amides is 1. The molecule has 0 atom stereocenters. The fraction of sp³-hybridized carbons (Fsp3) is 0.412. The summed E-state index contributed by atoms with van der Waals surface area (Å²) in [5.74, 6) is 0.209. The first-order valence-electron chi connectivity index (χ1n) is 7.50. The molecule has 6 nitrogen and oxygen atoms in total. The van der Waals surface area contributed by atoms with Gasteiger partial charge in [-0.1, -0.05) is 18.2 Å². The van der Waals surface area contributed by atoms with Crippen molar-refractivity contribution < 1.29 is 9.53 Å². The Bertz CT molecular complexity index is 662. The van der Waals surface area contributed by atoms with E-state index in [1.54, 1.807) is 10.9 Å². The van der Waals surface area contributed by atoms with Crippen LogP contribution in [0.3, 0.4) is 0 Å². The van der Waals surface area contributed by atoms with Crippen LogP contribution in [0.4, 0.5) is 0 Å². The van der Waals surface area contributed by atoms with Crippen molar-refractivity contribution in [3.8, 4) is 11.4 Å². The predicted octanol–water partition coefficient (Wildman–Crippen LogP) is 1.95. The summed E-state index contributed by atoms with van der Waals surface area (Å²) in [6.07, 6.45) is 1.71. The number of nitrogens with zero attached hydrogens (tertiary/aromatic N) is 3. The summed E-state index contributed by atoms with van der Waals surface area (Å²) < 4.78 is 6.94. The van der Waals surface area contributed by atoms with E-state index in [-0.39, 0.29) is 17.1 Å². The Morgan fingerprint density at radius 1 is 1.30 bits per heavy atom. The van der Waals surface area contributed by atoms with Gasteiger partial charge in [0, 0.05) is 12.1 Å². The van der Waals surface area contributed by atoms with E-state index in [1.165, 1.54) is 7.11 Å². The van der Waals surface area contributed by atoms with Gasteiger partial charge in [0.2, 0.25) is 0 Å². The van der Waals surface area contributed by atoms with Crippen LogP contribution in [-0.4, -0.2) is 53.9 Å². The molecule has 0 fully saturated rings. The molecule has 0 bridgehead atoms. The molecule has 0 aliphatic carbocycles. The van der Waals surface area contributed by atoms with E-state index in [2.05, 4.69) is 29.2 Å². The lowest BCUT2D eigenvalue weighted by molar-refractivity contribution is 0.0911. The third-order valence-corrected chi connectivity index (χ3v) is 4.03. The van der Waals surface area contributed by atoms with Gasteiger partial charge in [-0.3, -0.25) is 4.79 Å². The minimum atomic E-state index is -0.244. The predicted molar refractivity (Wildman–Crippen MR) is 90.2 cm³/mol. The van der Waals surface area contributed by atoms with E-state index in [0.29, 0.717) is 12.3 Å². The van der Waals surface area contributed by atoms with Gasteiger partial charge in [0.15, 0.2) is 11.4 Å². The van der Waals surface area contributed by atoms with Crippen LogP contribution < -0.4 is 10.1 Å². The molecule has 124 valence electrons. The minimum Gasteiger partial charge on any atom is -0.493 e. The van der Waals surface area contributed by atoms with Gasteiger partial charge < -0.3 is 15.0 Å². The zero-order valence-electron chi connectivity index (χ0n) is 14.3. The first-order chi connectivity index (χ1) is 10.8. The van der Waals surface area contributed by atoms with Gasteiger partial charge in [-0.15, -0.1) is 0 Å². The molecule has 0 spiro atoms. The summed E-state index contributed by atoms with van der Waals surface area (Å²) in [4.78, 5) is 14.5. The van der Waals surface area contributed by atoms with Crippen LogP contribution in [0.25, 0.3) is 5.69 Å². The molecule has 2 rings (SSSR count). The van der Waals surface area contributed by atoms with Crippen molar-refractivity contribution in [3.05, 3.63) is 42.2 Å². The molecule has 1 N–H and O–H groups in total. The van der Waals surface area contributed by atoms with Gasteiger partial charge in [0.05, 0.1) is 19.0 Å². The minimum absolute atomic E-state index is 0.148. The molecule has 0 unspecified atom stereocenters. The second-order valence-corrected chi connectivity index (χ2v) is 6.22. The van der Waals surface area contributed by atoms with E-state index in [4.69, 9.17) is 4.74 Å². The van der Waals surface area contributed by atoms with Crippen LogP contribution in [0.1, 0.15) is 24.3 Å². The lowest BCUT2D eigenvalue weighted by Gasteiger charge is -2.32. The van der Waals surface area contributed by atoms with Crippen molar-refractivity contribution in [3.63, 3.8) is 0 Å². The van der Waals surface area contributed by atoms with Gasteiger partial charge in [-0.05, 0) is 40.1 Å².